The molecule has 1 aromatic heterocycles. The molecule has 1 saturated heterocycles. The van der Waals surface area contributed by atoms with Gasteiger partial charge in [0.1, 0.15) is 29.6 Å². The van der Waals surface area contributed by atoms with Gasteiger partial charge in [-0.1, -0.05) is 30.3 Å². The molecule has 5 rings (SSSR count). The van der Waals surface area contributed by atoms with Crippen LogP contribution in [0.15, 0.2) is 53.5 Å². The minimum atomic E-state index is -1.20. The van der Waals surface area contributed by atoms with Gasteiger partial charge in [-0.25, -0.2) is 13.2 Å². The molecule has 2 aliphatic heterocycles. The van der Waals surface area contributed by atoms with Crippen LogP contribution < -0.4 is 15.5 Å². The van der Waals surface area contributed by atoms with Gasteiger partial charge in [-0.15, -0.1) is 0 Å². The maximum absolute atomic E-state index is 14.2. The fourth-order valence-corrected chi connectivity index (χ4v) is 5.32. The molecule has 1 fully saturated rings. The molecule has 0 spiro atoms. The summed E-state index contributed by atoms with van der Waals surface area (Å²) >= 11 is 0. The van der Waals surface area contributed by atoms with E-state index in [0.717, 1.165) is 0 Å². The number of hydrogen-bond donors (Lipinski definition) is 2. The summed E-state index contributed by atoms with van der Waals surface area (Å²) in [7, 11) is 1.46. The molecule has 216 valence electrons. The second kappa shape index (κ2) is 11.4. The molecule has 41 heavy (non-hydrogen) atoms. The number of carbonyl (C=O) groups is 2. The number of hydrogen-bond acceptors (Lipinski definition) is 6. The molecule has 2 amide bonds. The summed E-state index contributed by atoms with van der Waals surface area (Å²) in [4.78, 5) is 42.1. The molecule has 3 heterocycles. The Balaban J connectivity index is 1.59. The van der Waals surface area contributed by atoms with E-state index in [1.807, 2.05) is 0 Å². The van der Waals surface area contributed by atoms with Gasteiger partial charge in [-0.3, -0.25) is 14.4 Å². The highest BCUT2D eigenvalue weighted by atomic mass is 19.1. The lowest BCUT2D eigenvalue weighted by atomic mass is 10.0. The van der Waals surface area contributed by atoms with Gasteiger partial charge in [0, 0.05) is 50.5 Å². The molecule has 2 aliphatic rings. The fourth-order valence-electron chi connectivity index (χ4n) is 5.32. The average Bonchev–Trinajstić information content (AvgIpc) is 3.05. The number of aliphatic hydroxyl groups is 1. The van der Waals surface area contributed by atoms with Crippen molar-refractivity contribution >= 4 is 11.8 Å². The number of pyridine rings is 1. The number of nitrogens with zero attached hydrogens (tertiary/aromatic N) is 2. The molecule has 0 aliphatic carbocycles. The summed E-state index contributed by atoms with van der Waals surface area (Å²) in [5.74, 6) is -5.43. The number of aliphatic hydroxyl groups excluding tert-OH is 1. The van der Waals surface area contributed by atoms with Crippen LogP contribution in [0.2, 0.25) is 0 Å². The second-order valence-corrected chi connectivity index (χ2v) is 10.1. The Morgan fingerprint density at radius 3 is 2.46 bits per heavy atom. The predicted octanol–water partition coefficient (Wildman–Crippen LogP) is 2.94. The summed E-state index contributed by atoms with van der Waals surface area (Å²) in [6.07, 6.45) is -0.115. The van der Waals surface area contributed by atoms with E-state index in [1.54, 1.807) is 37.3 Å². The third-order valence-electron chi connectivity index (χ3n) is 7.65. The summed E-state index contributed by atoms with van der Waals surface area (Å²) < 4.78 is 54.7. The topological polar surface area (TPSA) is 110 Å². The minimum absolute atomic E-state index is 0.0933. The van der Waals surface area contributed by atoms with Gasteiger partial charge in [-0.05, 0) is 12.5 Å². The lowest BCUT2D eigenvalue weighted by Crippen LogP contribution is -2.51. The normalized spacial score (nSPS) is 21.7. The van der Waals surface area contributed by atoms with E-state index in [1.165, 1.54) is 22.8 Å². The van der Waals surface area contributed by atoms with E-state index in [0.29, 0.717) is 17.7 Å². The SMILES string of the molecule is CO[C@H]1C[C@@H](O)[C@H](C)N2C[C@H]1n1cc(C(=O)NCc3c(F)cc(F)cc3F)c(=O)c(OCc3ccccc3)c1C2=O. The quantitative estimate of drug-likeness (QED) is 0.452. The first-order chi connectivity index (χ1) is 19.6. The molecule has 4 atom stereocenters. The lowest BCUT2D eigenvalue weighted by Gasteiger charge is -2.39. The van der Waals surface area contributed by atoms with Crippen molar-refractivity contribution in [3.8, 4) is 5.75 Å². The third-order valence-corrected chi connectivity index (χ3v) is 7.65. The number of benzene rings is 2. The van der Waals surface area contributed by atoms with Crippen molar-refractivity contribution in [2.45, 2.75) is 50.8 Å². The Hall–Kier alpha value is -4.16. The monoisotopic (exact) mass is 571 g/mol. The Labute approximate surface area is 233 Å². The molecule has 0 radical (unpaired) electrons. The highest BCUT2D eigenvalue weighted by molar-refractivity contribution is 5.99. The third kappa shape index (κ3) is 5.32. The lowest BCUT2D eigenvalue weighted by molar-refractivity contribution is 0.0213. The van der Waals surface area contributed by atoms with Crippen molar-refractivity contribution in [2.24, 2.45) is 0 Å². The molecule has 0 saturated carbocycles. The summed E-state index contributed by atoms with van der Waals surface area (Å²) in [6.45, 7) is 1.07. The summed E-state index contributed by atoms with van der Waals surface area (Å²) in [5.41, 5.74) is -1.33. The predicted molar refractivity (Wildman–Crippen MR) is 140 cm³/mol. The van der Waals surface area contributed by atoms with Gasteiger partial charge in [0.05, 0.1) is 24.3 Å². The zero-order chi connectivity index (χ0) is 29.4. The highest BCUT2D eigenvalue weighted by Crippen LogP contribution is 2.36. The van der Waals surface area contributed by atoms with Gasteiger partial charge in [-0.2, -0.15) is 0 Å². The maximum atomic E-state index is 14.2. The largest absolute Gasteiger partial charge is 0.483 e. The van der Waals surface area contributed by atoms with Crippen molar-refractivity contribution in [3.63, 3.8) is 0 Å². The van der Waals surface area contributed by atoms with Gasteiger partial charge < -0.3 is 29.4 Å². The maximum Gasteiger partial charge on any atom is 0.274 e. The Morgan fingerprint density at radius 2 is 1.80 bits per heavy atom. The summed E-state index contributed by atoms with van der Waals surface area (Å²) in [5, 5.41) is 13.0. The smallest absolute Gasteiger partial charge is 0.274 e. The number of aromatic nitrogens is 1. The standard InChI is InChI=1S/C29H28F3N3O6/c1-15-23(36)10-24(40-2)22-13-34(15)29(39)25-27(41-14-16-6-4-3-5-7-16)26(37)19(12-35(22)25)28(38)33-11-18-20(31)8-17(30)9-21(18)32/h3-9,12,15,22-24,36H,10-11,13-14H2,1-2H3,(H,33,38)/t15-,22+,23+,24-/m0/s1. The molecule has 2 bridgehead atoms. The molecule has 12 heteroatoms. The molecular formula is C29H28F3N3O6. The first kappa shape index (κ1) is 28.4. The van der Waals surface area contributed by atoms with Gasteiger partial charge in [0.25, 0.3) is 11.8 Å². The van der Waals surface area contributed by atoms with Crippen LogP contribution in [0.25, 0.3) is 0 Å². The number of ether oxygens (including phenoxy) is 2. The van der Waals surface area contributed by atoms with Crippen molar-refractivity contribution < 1.29 is 37.3 Å². The van der Waals surface area contributed by atoms with Crippen LogP contribution in [-0.2, 0) is 17.9 Å². The highest BCUT2D eigenvalue weighted by Gasteiger charge is 2.45. The van der Waals surface area contributed by atoms with Crippen LogP contribution in [0.4, 0.5) is 13.2 Å². The van der Waals surface area contributed by atoms with Crippen molar-refractivity contribution in [2.75, 3.05) is 13.7 Å². The van der Waals surface area contributed by atoms with Crippen LogP contribution in [0, 0.1) is 17.5 Å². The van der Waals surface area contributed by atoms with E-state index in [2.05, 4.69) is 5.32 Å². The van der Waals surface area contributed by atoms with Gasteiger partial charge >= 0.3 is 0 Å². The van der Waals surface area contributed by atoms with Crippen molar-refractivity contribution in [3.05, 3.63) is 98.7 Å². The van der Waals surface area contributed by atoms with Crippen LogP contribution in [0.5, 0.6) is 5.75 Å². The molecule has 2 aromatic carbocycles. The number of amides is 2. The van der Waals surface area contributed by atoms with Gasteiger partial charge in [0.2, 0.25) is 5.43 Å². The number of halogens is 3. The van der Waals surface area contributed by atoms with E-state index in [9.17, 15) is 32.7 Å². The van der Waals surface area contributed by atoms with Crippen molar-refractivity contribution in [1.82, 2.24) is 14.8 Å². The van der Waals surface area contributed by atoms with Crippen LogP contribution in [0.1, 0.15) is 51.4 Å². The number of rotatable bonds is 7. The molecule has 2 N–H and O–H groups in total. The number of nitrogens with one attached hydrogen (secondary N) is 1. The van der Waals surface area contributed by atoms with Crippen LogP contribution >= 0.6 is 0 Å². The molecule has 3 aromatic rings. The van der Waals surface area contributed by atoms with E-state index >= 15 is 0 Å². The first-order valence-corrected chi connectivity index (χ1v) is 13.0. The second-order valence-electron chi connectivity index (χ2n) is 10.1. The zero-order valence-corrected chi connectivity index (χ0v) is 22.3. The Kier molecular flexibility index (Phi) is 7.87. The Morgan fingerprint density at radius 1 is 1.12 bits per heavy atom. The van der Waals surface area contributed by atoms with Crippen LogP contribution in [-0.4, -0.2) is 58.3 Å². The number of fused-ring (bicyclic) bond motifs is 4. The average molecular weight is 572 g/mol. The van der Waals surface area contributed by atoms with E-state index in [-0.39, 0.29) is 31.0 Å². The number of methoxy groups -OCH3 is 1. The van der Waals surface area contributed by atoms with Crippen LogP contribution in [0.3, 0.4) is 0 Å². The van der Waals surface area contributed by atoms with Gasteiger partial charge in [0.15, 0.2) is 11.4 Å². The molecule has 9 nitrogen and oxygen atoms in total. The number of carbonyl (C=O) groups excluding carboxylic acids is 2. The van der Waals surface area contributed by atoms with Crippen molar-refractivity contribution in [1.29, 1.82) is 0 Å². The minimum Gasteiger partial charge on any atom is -0.483 e. The first-order valence-electron chi connectivity index (χ1n) is 13.0. The summed E-state index contributed by atoms with van der Waals surface area (Å²) in [6, 6.07) is 8.66. The molecule has 0 unspecified atom stereocenters. The van der Waals surface area contributed by atoms with E-state index in [4.69, 9.17) is 9.47 Å². The molecular weight excluding hydrogens is 543 g/mol. The Bertz CT molecular complexity index is 1520. The fraction of sp³-hybridized carbons (Fsp3) is 0.345. The zero-order valence-electron chi connectivity index (χ0n) is 22.3. The van der Waals surface area contributed by atoms with E-state index < -0.39 is 76.7 Å².